The summed E-state index contributed by atoms with van der Waals surface area (Å²) in [6.07, 6.45) is 6.03. The number of hydrogen-bond acceptors (Lipinski definition) is 4. The van der Waals surface area contributed by atoms with Gasteiger partial charge in [-0.25, -0.2) is 8.42 Å². The molecule has 138 valence electrons. The fourth-order valence-corrected chi connectivity index (χ4v) is 5.44. The molecule has 0 atom stereocenters. The molecule has 2 aliphatic rings. The molecule has 0 radical (unpaired) electrons. The van der Waals surface area contributed by atoms with Crippen LogP contribution in [0.5, 0.6) is 5.75 Å². The van der Waals surface area contributed by atoms with Crippen molar-refractivity contribution in [2.75, 3.05) is 27.2 Å². The van der Waals surface area contributed by atoms with Gasteiger partial charge in [-0.2, -0.15) is 4.31 Å². The van der Waals surface area contributed by atoms with Crippen LogP contribution in [0.25, 0.3) is 0 Å². The van der Waals surface area contributed by atoms with Gasteiger partial charge in [0.15, 0.2) is 0 Å². The number of benzene rings is 1. The van der Waals surface area contributed by atoms with Crippen LogP contribution < -0.4 is 4.74 Å². The van der Waals surface area contributed by atoms with E-state index in [4.69, 9.17) is 4.74 Å². The Hall–Kier alpha value is -1.60. The Balaban J connectivity index is 1.93. The Morgan fingerprint density at radius 1 is 1.16 bits per heavy atom. The second-order valence-corrected chi connectivity index (χ2v) is 8.74. The topological polar surface area (TPSA) is 66.9 Å². The third-order valence-electron chi connectivity index (χ3n) is 5.29. The number of carbonyl (C=O) groups is 1. The summed E-state index contributed by atoms with van der Waals surface area (Å²) in [4.78, 5) is 14.6. The van der Waals surface area contributed by atoms with E-state index in [9.17, 15) is 13.2 Å². The van der Waals surface area contributed by atoms with Gasteiger partial charge in [0, 0.05) is 31.7 Å². The van der Waals surface area contributed by atoms with Gasteiger partial charge >= 0.3 is 0 Å². The molecule has 1 aromatic carbocycles. The number of rotatable bonds is 5. The summed E-state index contributed by atoms with van der Waals surface area (Å²) in [7, 11) is -0.393. The lowest BCUT2D eigenvalue weighted by Crippen LogP contribution is -2.35. The van der Waals surface area contributed by atoms with Gasteiger partial charge in [-0.05, 0) is 43.9 Å². The highest BCUT2D eigenvalue weighted by Crippen LogP contribution is 2.31. The van der Waals surface area contributed by atoms with Crippen LogP contribution in [0.1, 0.15) is 48.9 Å². The molecular formula is C18H26N2O4S. The molecule has 1 saturated heterocycles. The van der Waals surface area contributed by atoms with Crippen LogP contribution in [0, 0.1) is 0 Å². The minimum absolute atomic E-state index is 0.0857. The number of sulfonamides is 1. The molecule has 1 saturated carbocycles. The van der Waals surface area contributed by atoms with Gasteiger partial charge in [-0.1, -0.05) is 12.8 Å². The fourth-order valence-electron chi connectivity index (χ4n) is 3.74. The van der Waals surface area contributed by atoms with E-state index in [-0.39, 0.29) is 22.6 Å². The Bertz CT molecular complexity index is 735. The van der Waals surface area contributed by atoms with Gasteiger partial charge in [-0.15, -0.1) is 0 Å². The Morgan fingerprint density at radius 2 is 1.80 bits per heavy atom. The first-order valence-electron chi connectivity index (χ1n) is 8.90. The van der Waals surface area contributed by atoms with Crippen LogP contribution in [0.15, 0.2) is 23.1 Å². The van der Waals surface area contributed by atoms with Crippen molar-refractivity contribution in [3.63, 3.8) is 0 Å². The zero-order valence-corrected chi connectivity index (χ0v) is 15.7. The van der Waals surface area contributed by atoms with Crippen molar-refractivity contribution >= 4 is 15.9 Å². The minimum atomic E-state index is -3.64. The summed E-state index contributed by atoms with van der Waals surface area (Å²) in [6.45, 7) is 1.04. The molecule has 3 rings (SSSR count). The number of ether oxygens (including phenoxy) is 1. The van der Waals surface area contributed by atoms with E-state index >= 15 is 0 Å². The normalized spacial score (nSPS) is 19.3. The summed E-state index contributed by atoms with van der Waals surface area (Å²) >= 11 is 0. The number of methoxy groups -OCH3 is 1. The van der Waals surface area contributed by atoms with Crippen molar-refractivity contribution in [3.8, 4) is 5.75 Å². The molecular weight excluding hydrogens is 340 g/mol. The molecule has 1 aliphatic heterocycles. The highest BCUT2D eigenvalue weighted by atomic mass is 32.2. The van der Waals surface area contributed by atoms with Crippen LogP contribution in [-0.4, -0.2) is 56.8 Å². The first-order chi connectivity index (χ1) is 11.9. The second-order valence-electron chi connectivity index (χ2n) is 6.83. The predicted octanol–water partition coefficient (Wildman–Crippen LogP) is 2.49. The summed E-state index contributed by atoms with van der Waals surface area (Å²) in [6, 6.07) is 4.95. The van der Waals surface area contributed by atoms with E-state index in [0.717, 1.165) is 38.5 Å². The summed E-state index contributed by atoms with van der Waals surface area (Å²) in [5.74, 6) is 0.152. The Labute approximate surface area is 149 Å². The van der Waals surface area contributed by atoms with Crippen LogP contribution in [-0.2, 0) is 10.0 Å². The Morgan fingerprint density at radius 3 is 2.40 bits per heavy atom. The zero-order valence-electron chi connectivity index (χ0n) is 14.9. The number of nitrogens with zero attached hydrogens (tertiary/aromatic N) is 2. The zero-order chi connectivity index (χ0) is 18.0. The van der Waals surface area contributed by atoms with Crippen molar-refractivity contribution in [1.82, 2.24) is 9.21 Å². The maximum absolute atomic E-state index is 12.9. The van der Waals surface area contributed by atoms with Gasteiger partial charge in [0.25, 0.3) is 5.91 Å². The summed E-state index contributed by atoms with van der Waals surface area (Å²) in [5.41, 5.74) is 0.396. The average molecular weight is 366 g/mol. The molecule has 0 unspecified atom stereocenters. The highest BCUT2D eigenvalue weighted by Gasteiger charge is 2.31. The lowest BCUT2D eigenvalue weighted by Gasteiger charge is -2.25. The van der Waals surface area contributed by atoms with Gasteiger partial charge < -0.3 is 9.64 Å². The van der Waals surface area contributed by atoms with Crippen molar-refractivity contribution < 1.29 is 17.9 Å². The van der Waals surface area contributed by atoms with Crippen molar-refractivity contribution in [2.45, 2.75) is 49.5 Å². The molecule has 6 nitrogen and oxygen atoms in total. The molecule has 1 amide bonds. The minimum Gasteiger partial charge on any atom is -0.495 e. The average Bonchev–Trinajstić information content (AvgIpc) is 3.33. The van der Waals surface area contributed by atoms with E-state index in [1.807, 2.05) is 0 Å². The lowest BCUT2D eigenvalue weighted by molar-refractivity contribution is 0.0735. The maximum Gasteiger partial charge on any atom is 0.253 e. The van der Waals surface area contributed by atoms with E-state index in [1.54, 1.807) is 24.1 Å². The monoisotopic (exact) mass is 366 g/mol. The van der Waals surface area contributed by atoms with E-state index < -0.39 is 10.0 Å². The first-order valence-corrected chi connectivity index (χ1v) is 10.3. The smallest absolute Gasteiger partial charge is 0.253 e. The largest absolute Gasteiger partial charge is 0.495 e. The van der Waals surface area contributed by atoms with Crippen molar-refractivity contribution in [1.29, 1.82) is 0 Å². The summed E-state index contributed by atoms with van der Waals surface area (Å²) in [5, 5.41) is 0. The number of hydrogen-bond donors (Lipinski definition) is 0. The molecule has 0 bridgehead atoms. The maximum atomic E-state index is 12.9. The van der Waals surface area contributed by atoms with Crippen LogP contribution in [0.3, 0.4) is 0 Å². The fraction of sp³-hybridized carbons (Fsp3) is 0.611. The Kier molecular flexibility index (Phi) is 5.34. The van der Waals surface area contributed by atoms with Crippen LogP contribution >= 0.6 is 0 Å². The third-order valence-corrected chi connectivity index (χ3v) is 7.21. The molecule has 1 aromatic rings. The first kappa shape index (κ1) is 18.2. The number of carbonyl (C=O) groups excluding carboxylic acids is 1. The molecule has 2 fully saturated rings. The highest BCUT2D eigenvalue weighted by molar-refractivity contribution is 7.89. The molecule has 1 aliphatic carbocycles. The quantitative estimate of drug-likeness (QED) is 0.803. The molecule has 1 heterocycles. The van der Waals surface area contributed by atoms with E-state index in [2.05, 4.69) is 0 Å². The third kappa shape index (κ3) is 3.53. The SMILES string of the molecule is COc1ccc(C(=O)N(C)C2CCCC2)cc1S(=O)(=O)N1CCCC1. The summed E-state index contributed by atoms with van der Waals surface area (Å²) < 4.78 is 32.6. The molecule has 7 heteroatoms. The molecule has 0 N–H and O–H groups in total. The van der Waals surface area contributed by atoms with Gasteiger partial charge in [0.2, 0.25) is 10.0 Å². The van der Waals surface area contributed by atoms with Crippen LogP contribution in [0.2, 0.25) is 0 Å². The molecule has 0 aromatic heterocycles. The van der Waals surface area contributed by atoms with Crippen molar-refractivity contribution in [3.05, 3.63) is 23.8 Å². The predicted molar refractivity (Wildman–Crippen MR) is 95.3 cm³/mol. The molecule has 25 heavy (non-hydrogen) atoms. The van der Waals surface area contributed by atoms with E-state index in [0.29, 0.717) is 18.7 Å². The van der Waals surface area contributed by atoms with Gasteiger partial charge in [0.1, 0.15) is 10.6 Å². The molecule has 0 spiro atoms. The second kappa shape index (κ2) is 7.33. The van der Waals surface area contributed by atoms with Gasteiger partial charge in [-0.3, -0.25) is 4.79 Å². The number of amides is 1. The lowest BCUT2D eigenvalue weighted by atomic mass is 10.1. The van der Waals surface area contributed by atoms with Crippen molar-refractivity contribution in [2.24, 2.45) is 0 Å². The van der Waals surface area contributed by atoms with Gasteiger partial charge in [0.05, 0.1) is 7.11 Å². The standard InChI is InChI=1S/C18H26N2O4S/c1-19(15-7-3-4-8-15)18(21)14-9-10-16(24-2)17(13-14)25(22,23)20-11-5-6-12-20/h9-10,13,15H,3-8,11-12H2,1-2H3. The van der Waals surface area contributed by atoms with Crippen LogP contribution in [0.4, 0.5) is 0 Å². The van der Waals surface area contributed by atoms with E-state index in [1.165, 1.54) is 17.5 Å².